The first-order chi connectivity index (χ1) is 9.40. The molecule has 0 fully saturated rings. The van der Waals surface area contributed by atoms with Crippen LogP contribution in [0.25, 0.3) is 11.1 Å². The van der Waals surface area contributed by atoms with Gasteiger partial charge in [-0.05, 0) is 6.07 Å². The summed E-state index contributed by atoms with van der Waals surface area (Å²) in [5, 5.41) is 0. The minimum atomic E-state index is -1.83. The molecule has 0 nitrogen and oxygen atoms in total. The summed E-state index contributed by atoms with van der Waals surface area (Å²) in [5.41, 5.74) is -3.24. The Morgan fingerprint density at radius 2 is 1.30 bits per heavy atom. The average Bonchev–Trinajstić information content (AvgIpc) is 2.42. The molecule has 20 heavy (non-hydrogen) atoms. The average molecular weight is 311 g/mol. The molecule has 0 heterocycles. The van der Waals surface area contributed by atoms with Crippen LogP contribution in [0.15, 0.2) is 18.2 Å². The molecule has 0 unspecified atom stereocenters. The third kappa shape index (κ3) is 2.14. The molecule has 0 saturated heterocycles. The summed E-state index contributed by atoms with van der Waals surface area (Å²) in [6, 6.07) is 2.46. The molecule has 0 aliphatic carbocycles. The fourth-order valence-corrected chi connectivity index (χ4v) is 1.96. The van der Waals surface area contributed by atoms with Crippen LogP contribution in [-0.2, 0) is 5.88 Å². The first-order valence-corrected chi connectivity index (χ1v) is 5.78. The van der Waals surface area contributed by atoms with Crippen molar-refractivity contribution in [1.29, 1.82) is 0 Å². The molecule has 106 valence electrons. The Hall–Kier alpha value is -1.69. The summed E-state index contributed by atoms with van der Waals surface area (Å²) in [4.78, 5) is 0. The molecule has 2 aromatic carbocycles. The SMILES string of the molecule is Fc1cccc(-c2c(F)c(F)c(CCl)c(F)c2F)c1F. The maximum absolute atomic E-state index is 13.8. The third-order valence-electron chi connectivity index (χ3n) is 2.71. The lowest BCUT2D eigenvalue weighted by Gasteiger charge is -2.11. The van der Waals surface area contributed by atoms with Crippen molar-refractivity contribution >= 4 is 11.6 Å². The molecule has 0 bridgehead atoms. The van der Waals surface area contributed by atoms with E-state index >= 15 is 0 Å². The summed E-state index contributed by atoms with van der Waals surface area (Å²) < 4.78 is 81.2. The van der Waals surface area contributed by atoms with Crippen LogP contribution in [0.5, 0.6) is 0 Å². The van der Waals surface area contributed by atoms with Gasteiger partial charge in [-0.25, -0.2) is 26.3 Å². The van der Waals surface area contributed by atoms with Crippen molar-refractivity contribution in [3.63, 3.8) is 0 Å². The summed E-state index contributed by atoms with van der Waals surface area (Å²) in [6.07, 6.45) is 0. The monoisotopic (exact) mass is 310 g/mol. The zero-order valence-electron chi connectivity index (χ0n) is 9.58. The van der Waals surface area contributed by atoms with Gasteiger partial charge in [0.2, 0.25) is 0 Å². The molecule has 0 radical (unpaired) electrons. The second-order valence-electron chi connectivity index (χ2n) is 3.84. The van der Waals surface area contributed by atoms with Crippen molar-refractivity contribution in [1.82, 2.24) is 0 Å². The van der Waals surface area contributed by atoms with E-state index in [1.807, 2.05) is 0 Å². The van der Waals surface area contributed by atoms with Crippen LogP contribution in [0.3, 0.4) is 0 Å². The van der Waals surface area contributed by atoms with Gasteiger partial charge < -0.3 is 0 Å². The lowest BCUT2D eigenvalue weighted by molar-refractivity contribution is 0.446. The van der Waals surface area contributed by atoms with Crippen molar-refractivity contribution < 1.29 is 26.3 Å². The predicted octanol–water partition coefficient (Wildman–Crippen LogP) is 4.93. The van der Waals surface area contributed by atoms with E-state index in [2.05, 4.69) is 0 Å². The lowest BCUT2D eigenvalue weighted by atomic mass is 10.0. The number of alkyl halides is 1. The highest BCUT2D eigenvalue weighted by atomic mass is 35.5. The number of hydrogen-bond acceptors (Lipinski definition) is 0. The lowest BCUT2D eigenvalue weighted by Crippen LogP contribution is -2.06. The highest BCUT2D eigenvalue weighted by Crippen LogP contribution is 2.34. The van der Waals surface area contributed by atoms with E-state index in [0.29, 0.717) is 6.07 Å². The molecule has 2 rings (SSSR count). The highest BCUT2D eigenvalue weighted by molar-refractivity contribution is 6.17. The first kappa shape index (κ1) is 14.7. The number of hydrogen-bond donors (Lipinski definition) is 0. The van der Waals surface area contributed by atoms with Gasteiger partial charge in [-0.3, -0.25) is 0 Å². The van der Waals surface area contributed by atoms with Crippen LogP contribution in [-0.4, -0.2) is 0 Å². The molecule has 0 amide bonds. The van der Waals surface area contributed by atoms with E-state index < -0.39 is 57.5 Å². The van der Waals surface area contributed by atoms with E-state index in [1.165, 1.54) is 0 Å². The summed E-state index contributed by atoms with van der Waals surface area (Å²) in [7, 11) is 0. The topological polar surface area (TPSA) is 0 Å². The van der Waals surface area contributed by atoms with Crippen molar-refractivity contribution in [2.45, 2.75) is 5.88 Å². The van der Waals surface area contributed by atoms with Crippen LogP contribution in [0, 0.1) is 34.9 Å². The van der Waals surface area contributed by atoms with Crippen LogP contribution < -0.4 is 0 Å². The molecular weight excluding hydrogens is 306 g/mol. The summed E-state index contributed by atoms with van der Waals surface area (Å²) in [5.74, 6) is -11.0. The van der Waals surface area contributed by atoms with Crippen LogP contribution in [0.1, 0.15) is 5.56 Å². The number of rotatable bonds is 2. The summed E-state index contributed by atoms with van der Waals surface area (Å²) >= 11 is 5.19. The molecule has 0 aromatic heterocycles. The van der Waals surface area contributed by atoms with Gasteiger partial charge in [-0.2, -0.15) is 0 Å². The normalized spacial score (nSPS) is 10.9. The smallest absolute Gasteiger partial charge is 0.170 e. The van der Waals surface area contributed by atoms with E-state index in [0.717, 1.165) is 12.1 Å². The zero-order chi connectivity index (χ0) is 15.0. The minimum absolute atomic E-state index is 0.703. The molecule has 2 aromatic rings. The van der Waals surface area contributed by atoms with Crippen LogP contribution in [0.2, 0.25) is 0 Å². The van der Waals surface area contributed by atoms with Gasteiger partial charge in [0, 0.05) is 11.1 Å². The Labute approximate surface area is 114 Å². The van der Waals surface area contributed by atoms with Gasteiger partial charge in [0.05, 0.1) is 11.4 Å². The second-order valence-corrected chi connectivity index (χ2v) is 4.11. The van der Waals surface area contributed by atoms with Gasteiger partial charge in [-0.15, -0.1) is 11.6 Å². The molecule has 0 aliphatic heterocycles. The quantitative estimate of drug-likeness (QED) is 0.419. The first-order valence-electron chi connectivity index (χ1n) is 5.25. The van der Waals surface area contributed by atoms with Crippen molar-refractivity contribution in [2.75, 3.05) is 0 Å². The number of benzene rings is 2. The van der Waals surface area contributed by atoms with E-state index in [9.17, 15) is 26.3 Å². The van der Waals surface area contributed by atoms with Crippen molar-refractivity contribution in [2.24, 2.45) is 0 Å². The summed E-state index contributed by atoms with van der Waals surface area (Å²) in [6.45, 7) is 0. The van der Waals surface area contributed by atoms with Crippen molar-refractivity contribution in [3.8, 4) is 11.1 Å². The van der Waals surface area contributed by atoms with Gasteiger partial charge in [-0.1, -0.05) is 12.1 Å². The van der Waals surface area contributed by atoms with Gasteiger partial charge in [0.25, 0.3) is 0 Å². The molecule has 0 N–H and O–H groups in total. The fraction of sp³-hybridized carbons (Fsp3) is 0.0769. The number of halogens is 7. The maximum Gasteiger partial charge on any atom is 0.170 e. The van der Waals surface area contributed by atoms with E-state index in [-0.39, 0.29) is 0 Å². The van der Waals surface area contributed by atoms with Gasteiger partial charge in [0.1, 0.15) is 0 Å². The van der Waals surface area contributed by atoms with Gasteiger partial charge in [0.15, 0.2) is 34.9 Å². The zero-order valence-corrected chi connectivity index (χ0v) is 10.3. The van der Waals surface area contributed by atoms with Crippen LogP contribution in [0.4, 0.5) is 26.3 Å². The molecule has 0 saturated carbocycles. The third-order valence-corrected chi connectivity index (χ3v) is 2.98. The van der Waals surface area contributed by atoms with Crippen LogP contribution >= 0.6 is 11.6 Å². The largest absolute Gasteiger partial charge is 0.204 e. The highest BCUT2D eigenvalue weighted by Gasteiger charge is 2.27. The Bertz CT molecular complexity index is 654. The maximum atomic E-state index is 13.8. The minimum Gasteiger partial charge on any atom is -0.204 e. The molecule has 0 aliphatic rings. The molecule has 0 atom stereocenters. The Morgan fingerprint density at radius 3 is 1.80 bits per heavy atom. The second kappa shape index (κ2) is 5.36. The predicted molar refractivity (Wildman–Crippen MR) is 61.2 cm³/mol. The standard InChI is InChI=1S/C13H5ClF6/c14-4-6-10(17)12(19)8(13(20)11(6)18)5-2-1-3-7(15)9(5)16/h1-3H,4H2. The molecule has 0 spiro atoms. The Morgan fingerprint density at radius 1 is 0.750 bits per heavy atom. The molecular formula is C13H5ClF6. The Balaban J connectivity index is 2.85. The molecule has 7 heteroatoms. The van der Waals surface area contributed by atoms with E-state index in [4.69, 9.17) is 11.6 Å². The van der Waals surface area contributed by atoms with Gasteiger partial charge >= 0.3 is 0 Å². The Kier molecular flexibility index (Phi) is 3.94. The van der Waals surface area contributed by atoms with Crippen molar-refractivity contribution in [3.05, 3.63) is 58.7 Å². The fourth-order valence-electron chi connectivity index (χ4n) is 1.73. The van der Waals surface area contributed by atoms with E-state index in [1.54, 1.807) is 0 Å².